The normalized spacial score (nSPS) is 12.7. The summed E-state index contributed by atoms with van der Waals surface area (Å²) in [4.78, 5) is 15.9. The number of aryl methyl sites for hydroxylation is 2. The molecule has 1 aromatic rings. The van der Waals surface area contributed by atoms with Gasteiger partial charge in [0.15, 0.2) is 0 Å². The molecule has 1 rings (SSSR count). The quantitative estimate of drug-likeness (QED) is 0.770. The third-order valence-electron chi connectivity index (χ3n) is 2.78. The highest BCUT2D eigenvalue weighted by molar-refractivity contribution is 7.09. The van der Waals surface area contributed by atoms with Gasteiger partial charge in [-0.05, 0) is 32.1 Å². The second kappa shape index (κ2) is 8.27. The summed E-state index contributed by atoms with van der Waals surface area (Å²) in [5.41, 5.74) is 1.06. The average Bonchev–Trinajstić information content (AvgIpc) is 2.71. The van der Waals surface area contributed by atoms with Crippen LogP contribution in [-0.4, -0.2) is 28.6 Å². The van der Waals surface area contributed by atoms with E-state index in [0.717, 1.165) is 30.0 Å². The highest BCUT2D eigenvalue weighted by Crippen LogP contribution is 2.10. The number of aliphatic hydroxyl groups excluding tert-OH is 1. The first kappa shape index (κ1) is 16.1. The van der Waals surface area contributed by atoms with Crippen molar-refractivity contribution in [3.63, 3.8) is 0 Å². The van der Waals surface area contributed by atoms with Gasteiger partial charge in [0.2, 0.25) is 5.91 Å². The van der Waals surface area contributed by atoms with Crippen LogP contribution in [0.5, 0.6) is 0 Å². The standard InChI is InChI=1S/C14H24N2O2S/c1-10(2)7-13(17)8-15-14(18)6-4-5-12-9-19-11(3)16-12/h9-10,13,17H,4-8H2,1-3H3,(H,15,18). The Hall–Kier alpha value is -0.940. The van der Waals surface area contributed by atoms with E-state index in [2.05, 4.69) is 24.1 Å². The van der Waals surface area contributed by atoms with Crippen molar-refractivity contribution in [3.05, 3.63) is 16.1 Å². The fourth-order valence-corrected chi connectivity index (χ4v) is 2.55. The first-order chi connectivity index (χ1) is 8.97. The highest BCUT2D eigenvalue weighted by atomic mass is 32.1. The third-order valence-corrected chi connectivity index (χ3v) is 3.60. The molecular formula is C14H24N2O2S. The van der Waals surface area contributed by atoms with E-state index in [1.807, 2.05) is 12.3 Å². The van der Waals surface area contributed by atoms with Gasteiger partial charge in [0.25, 0.3) is 0 Å². The van der Waals surface area contributed by atoms with Gasteiger partial charge < -0.3 is 10.4 Å². The molecule has 1 heterocycles. The fourth-order valence-electron chi connectivity index (χ4n) is 1.90. The molecule has 0 aliphatic heterocycles. The predicted octanol–water partition coefficient (Wildman–Crippen LogP) is 2.30. The Morgan fingerprint density at radius 1 is 1.53 bits per heavy atom. The number of amides is 1. The van der Waals surface area contributed by atoms with E-state index in [-0.39, 0.29) is 5.91 Å². The lowest BCUT2D eigenvalue weighted by Gasteiger charge is -2.13. The smallest absolute Gasteiger partial charge is 0.220 e. The Kier molecular flexibility index (Phi) is 7.02. The summed E-state index contributed by atoms with van der Waals surface area (Å²) >= 11 is 1.64. The first-order valence-corrected chi connectivity index (χ1v) is 7.71. The number of hydrogen-bond acceptors (Lipinski definition) is 4. The van der Waals surface area contributed by atoms with Gasteiger partial charge in [-0.2, -0.15) is 0 Å². The van der Waals surface area contributed by atoms with Crippen LogP contribution in [-0.2, 0) is 11.2 Å². The molecule has 108 valence electrons. The number of carbonyl (C=O) groups is 1. The molecule has 1 aromatic heterocycles. The Balaban J connectivity index is 2.11. The van der Waals surface area contributed by atoms with E-state index >= 15 is 0 Å². The van der Waals surface area contributed by atoms with Crippen LogP contribution < -0.4 is 5.32 Å². The predicted molar refractivity (Wildman–Crippen MR) is 78.3 cm³/mol. The Morgan fingerprint density at radius 2 is 2.26 bits per heavy atom. The van der Waals surface area contributed by atoms with Gasteiger partial charge in [-0.3, -0.25) is 4.79 Å². The van der Waals surface area contributed by atoms with Gasteiger partial charge in [0.05, 0.1) is 16.8 Å². The summed E-state index contributed by atoms with van der Waals surface area (Å²) in [5.74, 6) is 0.453. The monoisotopic (exact) mass is 284 g/mol. The van der Waals surface area contributed by atoms with Crippen molar-refractivity contribution in [1.29, 1.82) is 0 Å². The Morgan fingerprint density at radius 3 is 2.84 bits per heavy atom. The number of rotatable bonds is 8. The molecule has 0 spiro atoms. The zero-order chi connectivity index (χ0) is 14.3. The Labute approximate surface area is 119 Å². The van der Waals surface area contributed by atoms with Gasteiger partial charge >= 0.3 is 0 Å². The summed E-state index contributed by atoms with van der Waals surface area (Å²) in [6.45, 7) is 6.45. The minimum absolute atomic E-state index is 0.00903. The Bertz CT molecular complexity index is 391. The second-order valence-corrected chi connectivity index (χ2v) is 6.36. The molecule has 0 radical (unpaired) electrons. The molecule has 0 saturated carbocycles. The maximum atomic E-state index is 11.6. The number of hydrogen-bond donors (Lipinski definition) is 2. The van der Waals surface area contributed by atoms with Crippen LogP contribution in [0.4, 0.5) is 0 Å². The summed E-state index contributed by atoms with van der Waals surface area (Å²) in [6.07, 6.45) is 2.41. The lowest BCUT2D eigenvalue weighted by Crippen LogP contribution is -2.32. The van der Waals surface area contributed by atoms with E-state index in [1.54, 1.807) is 11.3 Å². The van der Waals surface area contributed by atoms with Crippen LogP contribution in [0.1, 0.15) is 43.8 Å². The summed E-state index contributed by atoms with van der Waals surface area (Å²) in [6, 6.07) is 0. The number of nitrogens with one attached hydrogen (secondary N) is 1. The number of aliphatic hydroxyl groups is 1. The lowest BCUT2D eigenvalue weighted by atomic mass is 10.1. The van der Waals surface area contributed by atoms with Crippen LogP contribution in [0.3, 0.4) is 0 Å². The van der Waals surface area contributed by atoms with Crippen molar-refractivity contribution in [2.75, 3.05) is 6.54 Å². The zero-order valence-electron chi connectivity index (χ0n) is 12.0. The summed E-state index contributed by atoms with van der Waals surface area (Å²) in [5, 5.41) is 15.5. The van der Waals surface area contributed by atoms with Gasteiger partial charge in [-0.25, -0.2) is 4.98 Å². The van der Waals surface area contributed by atoms with Crippen LogP contribution in [0.2, 0.25) is 0 Å². The molecule has 5 heteroatoms. The molecule has 0 aromatic carbocycles. The molecule has 0 aliphatic rings. The highest BCUT2D eigenvalue weighted by Gasteiger charge is 2.09. The number of aromatic nitrogens is 1. The second-order valence-electron chi connectivity index (χ2n) is 5.30. The molecule has 2 N–H and O–H groups in total. The number of thiazole rings is 1. The molecule has 0 fully saturated rings. The molecule has 19 heavy (non-hydrogen) atoms. The fraction of sp³-hybridized carbons (Fsp3) is 0.714. The van der Waals surface area contributed by atoms with Crippen LogP contribution >= 0.6 is 11.3 Å². The van der Waals surface area contributed by atoms with Crippen LogP contribution in [0.15, 0.2) is 5.38 Å². The topological polar surface area (TPSA) is 62.2 Å². The average molecular weight is 284 g/mol. The minimum atomic E-state index is -0.440. The van der Waals surface area contributed by atoms with E-state index in [0.29, 0.717) is 18.9 Å². The van der Waals surface area contributed by atoms with Crippen LogP contribution in [0, 0.1) is 12.8 Å². The van der Waals surface area contributed by atoms with Gasteiger partial charge in [0.1, 0.15) is 0 Å². The van der Waals surface area contributed by atoms with Crippen molar-refractivity contribution in [2.45, 2.75) is 52.6 Å². The summed E-state index contributed by atoms with van der Waals surface area (Å²) < 4.78 is 0. The molecule has 1 unspecified atom stereocenters. The number of nitrogens with zero attached hydrogens (tertiary/aromatic N) is 1. The van der Waals surface area contributed by atoms with Crippen molar-refractivity contribution in [3.8, 4) is 0 Å². The molecule has 1 atom stereocenters. The van der Waals surface area contributed by atoms with Crippen molar-refractivity contribution in [2.24, 2.45) is 5.92 Å². The largest absolute Gasteiger partial charge is 0.391 e. The molecule has 1 amide bonds. The van der Waals surface area contributed by atoms with Gasteiger partial charge in [-0.15, -0.1) is 11.3 Å². The SMILES string of the molecule is Cc1nc(CCCC(=O)NCC(O)CC(C)C)cs1. The van der Waals surface area contributed by atoms with Crippen molar-refractivity contribution in [1.82, 2.24) is 10.3 Å². The number of carbonyl (C=O) groups excluding carboxylic acids is 1. The van der Waals surface area contributed by atoms with Crippen molar-refractivity contribution >= 4 is 17.2 Å². The zero-order valence-corrected chi connectivity index (χ0v) is 12.8. The molecule has 4 nitrogen and oxygen atoms in total. The van der Waals surface area contributed by atoms with E-state index < -0.39 is 6.10 Å². The minimum Gasteiger partial charge on any atom is -0.391 e. The third kappa shape index (κ3) is 7.28. The molecular weight excluding hydrogens is 260 g/mol. The van der Waals surface area contributed by atoms with E-state index in [1.165, 1.54) is 0 Å². The maximum Gasteiger partial charge on any atom is 0.220 e. The van der Waals surface area contributed by atoms with Crippen molar-refractivity contribution < 1.29 is 9.90 Å². The maximum absolute atomic E-state index is 11.6. The molecule has 0 bridgehead atoms. The lowest BCUT2D eigenvalue weighted by molar-refractivity contribution is -0.121. The summed E-state index contributed by atoms with van der Waals surface area (Å²) in [7, 11) is 0. The first-order valence-electron chi connectivity index (χ1n) is 6.83. The van der Waals surface area contributed by atoms with E-state index in [9.17, 15) is 9.90 Å². The van der Waals surface area contributed by atoms with Gasteiger partial charge in [0, 0.05) is 18.3 Å². The molecule has 0 saturated heterocycles. The molecule has 0 aliphatic carbocycles. The van der Waals surface area contributed by atoms with Crippen LogP contribution in [0.25, 0.3) is 0 Å². The van der Waals surface area contributed by atoms with Gasteiger partial charge in [-0.1, -0.05) is 13.8 Å². The van der Waals surface area contributed by atoms with E-state index in [4.69, 9.17) is 0 Å².